The van der Waals surface area contributed by atoms with E-state index in [0.717, 1.165) is 54.0 Å². The van der Waals surface area contributed by atoms with E-state index in [1.165, 1.54) is 12.5 Å². The van der Waals surface area contributed by atoms with E-state index in [2.05, 4.69) is 26.5 Å². The third-order valence-corrected chi connectivity index (χ3v) is 5.95. The highest BCUT2D eigenvalue weighted by Gasteiger charge is 2.47. The summed E-state index contributed by atoms with van der Waals surface area (Å²) in [5.41, 5.74) is 11.1. The van der Waals surface area contributed by atoms with E-state index in [-0.39, 0.29) is 5.41 Å². The smallest absolute Gasteiger partial charge is 0.185 e. The molecule has 0 amide bonds. The molecule has 0 aliphatic heterocycles. The van der Waals surface area contributed by atoms with Crippen LogP contribution in [-0.4, -0.2) is 16.6 Å². The number of hydrogen-bond donors (Lipinski definition) is 1. The lowest BCUT2D eigenvalue weighted by Gasteiger charge is -2.23. The van der Waals surface area contributed by atoms with Gasteiger partial charge in [-0.25, -0.2) is 14.4 Å². The molecule has 1 aliphatic carbocycles. The number of benzene rings is 1. The maximum absolute atomic E-state index is 14.6. The van der Waals surface area contributed by atoms with Crippen LogP contribution in [0.4, 0.5) is 4.39 Å². The number of nitrogens with zero attached hydrogens (tertiary/aromatic N) is 2. The van der Waals surface area contributed by atoms with Crippen LogP contribution < -0.4 is 10.5 Å². The van der Waals surface area contributed by atoms with E-state index in [1.54, 1.807) is 12.1 Å². The molecule has 1 fully saturated rings. The number of aromatic nitrogens is 2. The Bertz CT molecular complexity index is 996. The molecule has 0 saturated heterocycles. The number of alkyl halides is 1. The Hall–Kier alpha value is -2.53. The normalized spacial score (nSPS) is 16.4. The highest BCUT2D eigenvalue weighted by atomic mass is 19.1. The first-order chi connectivity index (χ1) is 14.6. The topological polar surface area (TPSA) is 61.0 Å². The summed E-state index contributed by atoms with van der Waals surface area (Å²) in [6.45, 7) is 13.9. The molecule has 1 atom stereocenters. The van der Waals surface area contributed by atoms with Gasteiger partial charge in [0, 0.05) is 22.2 Å². The van der Waals surface area contributed by atoms with Gasteiger partial charge in [0.15, 0.2) is 5.79 Å². The van der Waals surface area contributed by atoms with Crippen LogP contribution in [0.5, 0.6) is 5.75 Å². The molecule has 1 aliphatic rings. The van der Waals surface area contributed by atoms with Crippen LogP contribution in [0, 0.1) is 6.92 Å². The predicted molar refractivity (Wildman–Crippen MR) is 126 cm³/mol. The fraction of sp³-hybridized carbons (Fsp3) is 0.462. The van der Waals surface area contributed by atoms with Crippen molar-refractivity contribution in [3.8, 4) is 5.75 Å². The van der Waals surface area contributed by atoms with E-state index in [1.807, 2.05) is 26.0 Å². The molecule has 4 nitrogen and oxygen atoms in total. The molecule has 31 heavy (non-hydrogen) atoms. The summed E-state index contributed by atoms with van der Waals surface area (Å²) < 4.78 is 20.7. The van der Waals surface area contributed by atoms with E-state index in [4.69, 9.17) is 20.4 Å². The molecular weight excluding hydrogens is 389 g/mol. The van der Waals surface area contributed by atoms with E-state index >= 15 is 0 Å². The first kappa shape index (κ1) is 23.1. The lowest BCUT2D eigenvalue weighted by Crippen LogP contribution is -2.28. The molecule has 166 valence electrons. The van der Waals surface area contributed by atoms with Crippen LogP contribution in [0.2, 0.25) is 0 Å². The molecule has 0 radical (unpaired) electrons. The number of hydrogen-bond acceptors (Lipinski definition) is 4. The second-order valence-electron chi connectivity index (χ2n) is 8.96. The molecule has 1 heterocycles. The summed E-state index contributed by atoms with van der Waals surface area (Å²) in [4.78, 5) is 9.69. The fourth-order valence-electron chi connectivity index (χ4n) is 3.97. The van der Waals surface area contributed by atoms with Crippen LogP contribution in [0.1, 0.15) is 80.9 Å². The molecule has 1 unspecified atom stereocenters. The van der Waals surface area contributed by atoms with Crippen molar-refractivity contribution in [2.75, 3.05) is 6.61 Å². The number of nitrogens with two attached hydrogens (primary N) is 1. The number of aryl methyl sites for hydroxylation is 2. The number of ether oxygens (including phenoxy) is 1. The maximum atomic E-state index is 14.6. The second kappa shape index (κ2) is 8.91. The highest BCUT2D eigenvalue weighted by Crippen LogP contribution is 2.50. The minimum atomic E-state index is -1.95. The Morgan fingerprint density at radius 3 is 2.58 bits per heavy atom. The number of para-hydroxylation sites is 1. The van der Waals surface area contributed by atoms with Crippen LogP contribution >= 0.6 is 0 Å². The van der Waals surface area contributed by atoms with Crippen molar-refractivity contribution in [3.05, 3.63) is 64.3 Å². The number of allylic oxidation sites excluding steroid dienone is 1. The van der Waals surface area contributed by atoms with E-state index in [9.17, 15) is 4.39 Å². The first-order valence-electron chi connectivity index (χ1n) is 11.0. The first-order valence-corrected chi connectivity index (χ1v) is 11.0. The largest absolute Gasteiger partial charge is 0.493 e. The van der Waals surface area contributed by atoms with Crippen molar-refractivity contribution in [2.24, 2.45) is 5.73 Å². The van der Waals surface area contributed by atoms with Gasteiger partial charge < -0.3 is 4.74 Å². The highest BCUT2D eigenvalue weighted by molar-refractivity contribution is 5.64. The zero-order chi connectivity index (χ0) is 22.8. The van der Waals surface area contributed by atoms with Gasteiger partial charge >= 0.3 is 0 Å². The van der Waals surface area contributed by atoms with Crippen molar-refractivity contribution in [2.45, 2.75) is 71.5 Å². The minimum absolute atomic E-state index is 0.0882. The lowest BCUT2D eigenvalue weighted by atomic mass is 9.99. The van der Waals surface area contributed by atoms with Gasteiger partial charge in [-0.05, 0) is 65.0 Å². The predicted octanol–water partition coefficient (Wildman–Crippen LogP) is 6.02. The molecule has 2 aromatic rings. The standard InChI is InChI=1S/C26H34FN3O/c1-7-19-10-9-11-21(25(6,27)28)23(19)31-15-14-26(12-13-26)24-29-18(5)20(16-17(3)4)22(8-2)30-24/h8-11,16H,2,7,12-15,28H2,1,3-6H3. The zero-order valence-electron chi connectivity index (χ0n) is 19.4. The van der Waals surface area contributed by atoms with Crippen LogP contribution in [-0.2, 0) is 17.6 Å². The molecule has 1 aromatic carbocycles. The van der Waals surface area contributed by atoms with Crippen LogP contribution in [0.3, 0.4) is 0 Å². The van der Waals surface area contributed by atoms with Crippen molar-refractivity contribution < 1.29 is 9.13 Å². The average molecular weight is 424 g/mol. The fourth-order valence-corrected chi connectivity index (χ4v) is 3.97. The van der Waals surface area contributed by atoms with Gasteiger partial charge in [0.2, 0.25) is 0 Å². The molecule has 0 bridgehead atoms. The summed E-state index contributed by atoms with van der Waals surface area (Å²) in [7, 11) is 0. The number of rotatable bonds is 9. The van der Waals surface area contributed by atoms with Crippen LogP contribution in [0.15, 0.2) is 30.4 Å². The summed E-state index contributed by atoms with van der Waals surface area (Å²) in [6, 6.07) is 5.49. The van der Waals surface area contributed by atoms with Gasteiger partial charge in [0.05, 0.1) is 12.3 Å². The summed E-state index contributed by atoms with van der Waals surface area (Å²) in [5.74, 6) is -0.527. The van der Waals surface area contributed by atoms with Crippen molar-refractivity contribution >= 4 is 12.2 Å². The van der Waals surface area contributed by atoms with Gasteiger partial charge in [-0.1, -0.05) is 43.4 Å². The Labute approximate surface area is 185 Å². The average Bonchev–Trinajstić information content (AvgIpc) is 3.49. The zero-order valence-corrected chi connectivity index (χ0v) is 19.4. The van der Waals surface area contributed by atoms with Crippen molar-refractivity contribution in [1.29, 1.82) is 0 Å². The molecule has 0 spiro atoms. The maximum Gasteiger partial charge on any atom is 0.185 e. The van der Waals surface area contributed by atoms with Crippen molar-refractivity contribution in [3.63, 3.8) is 0 Å². The summed E-state index contributed by atoms with van der Waals surface area (Å²) in [5, 5.41) is 0. The minimum Gasteiger partial charge on any atom is -0.493 e. The quantitative estimate of drug-likeness (QED) is 0.501. The third kappa shape index (κ3) is 5.04. The molecule has 3 rings (SSSR count). The Morgan fingerprint density at radius 1 is 1.32 bits per heavy atom. The molecule has 1 aromatic heterocycles. The van der Waals surface area contributed by atoms with Gasteiger partial charge in [-0.3, -0.25) is 5.73 Å². The lowest BCUT2D eigenvalue weighted by molar-refractivity contribution is 0.189. The molecule has 1 saturated carbocycles. The van der Waals surface area contributed by atoms with E-state index in [0.29, 0.717) is 17.9 Å². The molecular formula is C26H34FN3O. The Balaban J connectivity index is 1.82. The molecule has 2 N–H and O–H groups in total. The van der Waals surface area contributed by atoms with Gasteiger partial charge in [0.1, 0.15) is 11.6 Å². The Morgan fingerprint density at radius 2 is 2.03 bits per heavy atom. The Kier molecular flexibility index (Phi) is 6.65. The van der Waals surface area contributed by atoms with Gasteiger partial charge in [-0.15, -0.1) is 0 Å². The third-order valence-electron chi connectivity index (χ3n) is 5.95. The second-order valence-corrected chi connectivity index (χ2v) is 8.96. The van der Waals surface area contributed by atoms with Gasteiger partial charge in [-0.2, -0.15) is 0 Å². The molecule has 5 heteroatoms. The monoisotopic (exact) mass is 423 g/mol. The summed E-state index contributed by atoms with van der Waals surface area (Å²) >= 11 is 0. The van der Waals surface area contributed by atoms with E-state index < -0.39 is 5.79 Å². The van der Waals surface area contributed by atoms with Gasteiger partial charge in [0.25, 0.3) is 0 Å². The number of halogens is 1. The SMILES string of the molecule is C=Cc1nc(C2(CCOc3c(CC)cccc3C(C)(N)F)CC2)nc(C)c1C=C(C)C. The van der Waals surface area contributed by atoms with Crippen molar-refractivity contribution in [1.82, 2.24) is 9.97 Å². The van der Waals surface area contributed by atoms with Crippen LogP contribution in [0.25, 0.3) is 12.2 Å². The summed E-state index contributed by atoms with van der Waals surface area (Å²) in [6.07, 6.45) is 7.47.